The summed E-state index contributed by atoms with van der Waals surface area (Å²) >= 11 is 0. The van der Waals surface area contributed by atoms with Gasteiger partial charge in [-0.15, -0.1) is 12.3 Å². The summed E-state index contributed by atoms with van der Waals surface area (Å²) in [5.41, 5.74) is 0.318. The maximum atomic E-state index is 13.2. The summed E-state index contributed by atoms with van der Waals surface area (Å²) in [6.07, 6.45) is 5.69. The van der Waals surface area contributed by atoms with Gasteiger partial charge >= 0.3 is 0 Å². The molecule has 3 heteroatoms. The fourth-order valence-electron chi connectivity index (χ4n) is 1.21. The molecule has 1 unspecified atom stereocenters. The fraction of sp³-hybridized carbons (Fsp3) is 0.333. The number of terminal acetylenes is 1. The average molecular weight is 209 g/mol. The molecule has 0 spiro atoms. The number of nitrogens with one attached hydrogen (secondary N) is 1. The fourth-order valence-corrected chi connectivity index (χ4v) is 1.21. The summed E-state index contributed by atoms with van der Waals surface area (Å²) in [6.45, 7) is 2.18. The van der Waals surface area contributed by atoms with Crippen LogP contribution in [0.25, 0.3) is 0 Å². The van der Waals surface area contributed by atoms with Gasteiger partial charge in [-0.25, -0.2) is 8.78 Å². The first-order valence-corrected chi connectivity index (χ1v) is 4.74. The van der Waals surface area contributed by atoms with Crippen LogP contribution in [-0.4, -0.2) is 6.04 Å². The van der Waals surface area contributed by atoms with Crippen molar-refractivity contribution in [3.05, 3.63) is 35.4 Å². The summed E-state index contributed by atoms with van der Waals surface area (Å²) in [5.74, 6) is 1.66. The first kappa shape index (κ1) is 11.7. The van der Waals surface area contributed by atoms with E-state index in [4.69, 9.17) is 6.42 Å². The molecule has 0 aliphatic carbocycles. The molecular weight excluding hydrogens is 196 g/mol. The Labute approximate surface area is 88.5 Å². The summed E-state index contributed by atoms with van der Waals surface area (Å²) in [6, 6.07) is 3.50. The van der Waals surface area contributed by atoms with Crippen LogP contribution in [0.1, 0.15) is 18.9 Å². The van der Waals surface area contributed by atoms with Crippen molar-refractivity contribution in [1.29, 1.82) is 0 Å². The van der Waals surface area contributed by atoms with Gasteiger partial charge in [-0.2, -0.15) is 0 Å². The highest BCUT2D eigenvalue weighted by atomic mass is 19.1. The van der Waals surface area contributed by atoms with E-state index >= 15 is 0 Å². The second-order valence-corrected chi connectivity index (χ2v) is 3.43. The van der Waals surface area contributed by atoms with E-state index in [1.54, 1.807) is 0 Å². The predicted octanol–water partition coefficient (Wildman–Crippen LogP) is 2.47. The van der Waals surface area contributed by atoms with Crippen LogP contribution < -0.4 is 5.32 Å². The number of hydrogen-bond acceptors (Lipinski definition) is 1. The molecule has 1 N–H and O–H groups in total. The molecule has 0 aliphatic rings. The second-order valence-electron chi connectivity index (χ2n) is 3.43. The molecule has 0 aliphatic heterocycles. The van der Waals surface area contributed by atoms with Gasteiger partial charge in [0.2, 0.25) is 0 Å². The molecule has 1 aromatic rings. The van der Waals surface area contributed by atoms with Crippen molar-refractivity contribution in [1.82, 2.24) is 5.32 Å². The van der Waals surface area contributed by atoms with Gasteiger partial charge in [0.15, 0.2) is 0 Å². The molecule has 1 nitrogen and oxygen atoms in total. The quantitative estimate of drug-likeness (QED) is 0.751. The van der Waals surface area contributed by atoms with E-state index in [9.17, 15) is 8.78 Å². The van der Waals surface area contributed by atoms with E-state index in [2.05, 4.69) is 11.2 Å². The lowest BCUT2D eigenvalue weighted by molar-refractivity contribution is 0.528. The molecule has 1 rings (SSSR count). The second kappa shape index (κ2) is 5.47. The smallest absolute Gasteiger partial charge is 0.127 e. The highest BCUT2D eigenvalue weighted by Gasteiger charge is 2.05. The van der Waals surface area contributed by atoms with Crippen molar-refractivity contribution in [2.75, 3.05) is 0 Å². The van der Waals surface area contributed by atoms with Gasteiger partial charge in [-0.3, -0.25) is 0 Å². The Morgan fingerprint density at radius 1 is 1.47 bits per heavy atom. The molecule has 0 amide bonds. The third kappa shape index (κ3) is 3.69. The van der Waals surface area contributed by atoms with Crippen molar-refractivity contribution < 1.29 is 8.78 Å². The first-order chi connectivity index (χ1) is 7.13. The number of hydrogen-bond donors (Lipinski definition) is 1. The Morgan fingerprint density at radius 3 is 2.87 bits per heavy atom. The van der Waals surface area contributed by atoms with Crippen molar-refractivity contribution in [3.63, 3.8) is 0 Å². The van der Waals surface area contributed by atoms with E-state index in [0.717, 1.165) is 12.1 Å². The van der Waals surface area contributed by atoms with Crippen LogP contribution in [0.2, 0.25) is 0 Å². The van der Waals surface area contributed by atoms with Crippen molar-refractivity contribution in [2.45, 2.75) is 25.9 Å². The van der Waals surface area contributed by atoms with Crippen molar-refractivity contribution in [3.8, 4) is 12.3 Å². The highest BCUT2D eigenvalue weighted by Crippen LogP contribution is 2.09. The van der Waals surface area contributed by atoms with Crippen LogP contribution in [0.4, 0.5) is 8.78 Å². The predicted molar refractivity (Wildman–Crippen MR) is 56.1 cm³/mol. The van der Waals surface area contributed by atoms with Gasteiger partial charge in [0.1, 0.15) is 11.6 Å². The van der Waals surface area contributed by atoms with Crippen LogP contribution in [0.5, 0.6) is 0 Å². The monoisotopic (exact) mass is 209 g/mol. The van der Waals surface area contributed by atoms with E-state index in [1.165, 1.54) is 6.07 Å². The molecule has 15 heavy (non-hydrogen) atoms. The van der Waals surface area contributed by atoms with Crippen molar-refractivity contribution >= 4 is 0 Å². The molecule has 0 radical (unpaired) electrons. The topological polar surface area (TPSA) is 12.0 Å². The van der Waals surface area contributed by atoms with Gasteiger partial charge in [0.25, 0.3) is 0 Å². The molecule has 0 saturated heterocycles. The normalized spacial score (nSPS) is 12.1. The Kier molecular flexibility index (Phi) is 4.26. The molecule has 0 bridgehead atoms. The lowest BCUT2D eigenvalue weighted by Crippen LogP contribution is -2.25. The Morgan fingerprint density at radius 2 is 2.20 bits per heavy atom. The summed E-state index contributed by atoms with van der Waals surface area (Å²) < 4.78 is 26.0. The van der Waals surface area contributed by atoms with Crippen LogP contribution in [0.15, 0.2) is 18.2 Å². The van der Waals surface area contributed by atoms with Gasteiger partial charge in [0, 0.05) is 24.6 Å². The van der Waals surface area contributed by atoms with Gasteiger partial charge < -0.3 is 5.32 Å². The van der Waals surface area contributed by atoms with Crippen LogP contribution >= 0.6 is 0 Å². The third-order valence-corrected chi connectivity index (χ3v) is 2.07. The molecule has 1 atom stereocenters. The zero-order chi connectivity index (χ0) is 11.3. The minimum absolute atomic E-state index is 0.0951. The SMILES string of the molecule is C#CCC(C)NCc1cc(F)ccc1F. The molecule has 80 valence electrons. The summed E-state index contributed by atoms with van der Waals surface area (Å²) in [5, 5.41) is 3.02. The third-order valence-electron chi connectivity index (χ3n) is 2.07. The maximum Gasteiger partial charge on any atom is 0.127 e. The van der Waals surface area contributed by atoms with E-state index in [0.29, 0.717) is 12.0 Å². The van der Waals surface area contributed by atoms with Gasteiger partial charge in [-0.1, -0.05) is 0 Å². The lowest BCUT2D eigenvalue weighted by atomic mass is 10.2. The molecule has 1 aromatic carbocycles. The number of benzene rings is 1. The van der Waals surface area contributed by atoms with Crippen LogP contribution in [-0.2, 0) is 6.54 Å². The van der Waals surface area contributed by atoms with E-state index < -0.39 is 11.6 Å². The zero-order valence-electron chi connectivity index (χ0n) is 8.56. The summed E-state index contributed by atoms with van der Waals surface area (Å²) in [7, 11) is 0. The highest BCUT2D eigenvalue weighted by molar-refractivity contribution is 5.18. The zero-order valence-corrected chi connectivity index (χ0v) is 8.56. The van der Waals surface area contributed by atoms with Crippen molar-refractivity contribution in [2.24, 2.45) is 0 Å². The van der Waals surface area contributed by atoms with Gasteiger partial charge in [-0.05, 0) is 25.1 Å². The van der Waals surface area contributed by atoms with E-state index in [-0.39, 0.29) is 12.6 Å². The number of rotatable bonds is 4. The molecule has 0 fully saturated rings. The first-order valence-electron chi connectivity index (χ1n) is 4.74. The molecule has 0 heterocycles. The van der Waals surface area contributed by atoms with E-state index in [1.807, 2.05) is 6.92 Å². The average Bonchev–Trinajstić information content (AvgIpc) is 2.20. The maximum absolute atomic E-state index is 13.2. The Hall–Kier alpha value is -1.40. The Balaban J connectivity index is 2.57. The largest absolute Gasteiger partial charge is 0.309 e. The molecule has 0 aromatic heterocycles. The minimum atomic E-state index is -0.433. The van der Waals surface area contributed by atoms with Gasteiger partial charge in [0.05, 0.1) is 0 Å². The molecule has 0 saturated carbocycles. The summed E-state index contributed by atoms with van der Waals surface area (Å²) in [4.78, 5) is 0. The number of halogens is 2. The minimum Gasteiger partial charge on any atom is -0.309 e. The van der Waals surface area contributed by atoms with Crippen LogP contribution in [0, 0.1) is 24.0 Å². The lowest BCUT2D eigenvalue weighted by Gasteiger charge is -2.11. The standard InChI is InChI=1S/C12H13F2N/c1-3-4-9(2)15-8-10-7-11(13)5-6-12(10)14/h1,5-7,9,15H,4,8H2,2H3. The Bertz CT molecular complexity index is 368. The molecular formula is C12H13F2N. The van der Waals surface area contributed by atoms with Crippen LogP contribution in [0.3, 0.4) is 0 Å².